The molecule has 3 atom stereocenters. The van der Waals surface area contributed by atoms with Crippen molar-refractivity contribution in [3.05, 3.63) is 29.8 Å². The lowest BCUT2D eigenvalue weighted by atomic mass is 10.1. The Labute approximate surface area is 125 Å². The molecular formula is C15H21NO4S. The molecule has 0 radical (unpaired) electrons. The predicted molar refractivity (Wildman–Crippen MR) is 78.3 cm³/mol. The molecule has 1 aliphatic carbocycles. The van der Waals surface area contributed by atoms with Crippen LogP contribution in [0, 0.1) is 0 Å². The van der Waals surface area contributed by atoms with Crippen molar-refractivity contribution in [1.29, 1.82) is 0 Å². The number of sulfonamides is 1. The molecule has 3 rings (SSSR count). The van der Waals surface area contributed by atoms with Crippen molar-refractivity contribution in [3.63, 3.8) is 0 Å². The van der Waals surface area contributed by atoms with Gasteiger partial charge in [0.15, 0.2) is 0 Å². The number of rotatable bonds is 3. The molecule has 2 aliphatic rings. The molecule has 1 N–H and O–H groups in total. The van der Waals surface area contributed by atoms with Gasteiger partial charge in [0.25, 0.3) is 0 Å². The highest BCUT2D eigenvalue weighted by Gasteiger charge is 2.42. The fourth-order valence-corrected chi connectivity index (χ4v) is 4.91. The van der Waals surface area contributed by atoms with Gasteiger partial charge in [-0.15, -0.1) is 0 Å². The van der Waals surface area contributed by atoms with Crippen LogP contribution >= 0.6 is 0 Å². The molecule has 1 saturated carbocycles. The Balaban J connectivity index is 1.88. The number of hydrogen-bond donors (Lipinski definition) is 1. The van der Waals surface area contributed by atoms with Gasteiger partial charge in [0.1, 0.15) is 0 Å². The van der Waals surface area contributed by atoms with Gasteiger partial charge in [-0.1, -0.05) is 12.1 Å². The molecule has 5 nitrogen and oxygen atoms in total. The van der Waals surface area contributed by atoms with Gasteiger partial charge in [-0.25, -0.2) is 8.42 Å². The van der Waals surface area contributed by atoms with E-state index in [0.29, 0.717) is 18.0 Å². The lowest BCUT2D eigenvalue weighted by Gasteiger charge is -2.36. The number of aliphatic hydroxyl groups excluding tert-OH is 1. The topological polar surface area (TPSA) is 66.8 Å². The Morgan fingerprint density at radius 1 is 1.29 bits per heavy atom. The standard InChI is InChI=1S/C15H21NO4S/c1-11(17)12-5-7-13(8-6-12)21(18,19)16-9-10-20-15-4-2-3-14(15)16/h5-8,11,14-15,17H,2-4,9-10H2,1H3. The lowest BCUT2D eigenvalue weighted by molar-refractivity contribution is -0.0241. The SMILES string of the molecule is CC(O)c1ccc(S(=O)(=O)N2CCOC3CCCC32)cc1. The van der Waals surface area contributed by atoms with Crippen molar-refractivity contribution < 1.29 is 18.3 Å². The van der Waals surface area contributed by atoms with Crippen LogP contribution in [0.5, 0.6) is 0 Å². The number of aliphatic hydroxyl groups is 1. The highest BCUT2D eigenvalue weighted by atomic mass is 32.2. The Hall–Kier alpha value is -0.950. The van der Waals surface area contributed by atoms with Gasteiger partial charge in [-0.3, -0.25) is 0 Å². The zero-order valence-corrected chi connectivity index (χ0v) is 12.9. The molecule has 0 spiro atoms. The Morgan fingerprint density at radius 2 is 2.00 bits per heavy atom. The van der Waals surface area contributed by atoms with Crippen molar-refractivity contribution in [2.24, 2.45) is 0 Å². The van der Waals surface area contributed by atoms with Crippen molar-refractivity contribution >= 4 is 10.0 Å². The molecule has 0 amide bonds. The van der Waals surface area contributed by atoms with E-state index in [4.69, 9.17) is 4.74 Å². The van der Waals surface area contributed by atoms with Crippen LogP contribution in [-0.4, -0.2) is 43.1 Å². The molecular weight excluding hydrogens is 290 g/mol. The van der Waals surface area contributed by atoms with E-state index < -0.39 is 16.1 Å². The second kappa shape index (κ2) is 5.68. The minimum absolute atomic E-state index is 0.0276. The van der Waals surface area contributed by atoms with Gasteiger partial charge in [0.2, 0.25) is 10.0 Å². The van der Waals surface area contributed by atoms with Crippen LogP contribution in [0.15, 0.2) is 29.2 Å². The van der Waals surface area contributed by atoms with Gasteiger partial charge < -0.3 is 9.84 Å². The third kappa shape index (κ3) is 2.73. The van der Waals surface area contributed by atoms with Gasteiger partial charge in [0, 0.05) is 6.54 Å². The van der Waals surface area contributed by atoms with Crippen molar-refractivity contribution in [1.82, 2.24) is 4.31 Å². The highest BCUT2D eigenvalue weighted by molar-refractivity contribution is 7.89. The van der Waals surface area contributed by atoms with Crippen molar-refractivity contribution in [3.8, 4) is 0 Å². The smallest absolute Gasteiger partial charge is 0.243 e. The second-order valence-corrected chi connectivity index (χ2v) is 7.66. The number of ether oxygens (including phenoxy) is 1. The third-order valence-corrected chi connectivity index (χ3v) is 6.34. The summed E-state index contributed by atoms with van der Waals surface area (Å²) in [4.78, 5) is 0.291. The van der Waals surface area contributed by atoms with Crippen LogP contribution in [-0.2, 0) is 14.8 Å². The normalized spacial score (nSPS) is 28.3. The van der Waals surface area contributed by atoms with Crippen molar-refractivity contribution in [2.45, 2.75) is 49.3 Å². The van der Waals surface area contributed by atoms with Gasteiger partial charge in [-0.2, -0.15) is 4.31 Å². The van der Waals surface area contributed by atoms with Gasteiger partial charge in [-0.05, 0) is 43.9 Å². The summed E-state index contributed by atoms with van der Waals surface area (Å²) in [5, 5.41) is 9.51. The molecule has 1 saturated heterocycles. The van der Waals surface area contributed by atoms with Crippen LogP contribution in [0.25, 0.3) is 0 Å². The van der Waals surface area contributed by atoms with Crippen LogP contribution in [0.1, 0.15) is 37.9 Å². The van der Waals surface area contributed by atoms with E-state index in [1.807, 2.05) is 0 Å². The first-order chi connectivity index (χ1) is 10.00. The molecule has 0 aromatic heterocycles. The predicted octanol–water partition coefficient (Wildman–Crippen LogP) is 1.68. The number of hydrogen-bond acceptors (Lipinski definition) is 4. The largest absolute Gasteiger partial charge is 0.389 e. The Morgan fingerprint density at radius 3 is 2.67 bits per heavy atom. The molecule has 1 aromatic rings. The average Bonchev–Trinajstić information content (AvgIpc) is 2.95. The van der Waals surface area contributed by atoms with Crippen molar-refractivity contribution in [2.75, 3.05) is 13.2 Å². The second-order valence-electron chi connectivity index (χ2n) is 5.77. The van der Waals surface area contributed by atoms with E-state index in [0.717, 1.165) is 24.8 Å². The minimum Gasteiger partial charge on any atom is -0.389 e. The van der Waals surface area contributed by atoms with Crippen LogP contribution in [0.3, 0.4) is 0 Å². The van der Waals surface area contributed by atoms with E-state index in [1.54, 1.807) is 35.5 Å². The molecule has 21 heavy (non-hydrogen) atoms. The van der Waals surface area contributed by atoms with Gasteiger partial charge in [0.05, 0.1) is 29.8 Å². The van der Waals surface area contributed by atoms with Gasteiger partial charge >= 0.3 is 0 Å². The zero-order chi connectivity index (χ0) is 15.0. The van der Waals surface area contributed by atoms with Crippen LogP contribution in [0.2, 0.25) is 0 Å². The summed E-state index contributed by atoms with van der Waals surface area (Å²) in [6, 6.07) is 6.47. The zero-order valence-electron chi connectivity index (χ0n) is 12.1. The fraction of sp³-hybridized carbons (Fsp3) is 0.600. The van der Waals surface area contributed by atoms with E-state index in [-0.39, 0.29) is 12.1 Å². The average molecular weight is 311 g/mol. The fourth-order valence-electron chi connectivity index (χ4n) is 3.24. The minimum atomic E-state index is -3.49. The summed E-state index contributed by atoms with van der Waals surface area (Å²) in [5.41, 5.74) is 0.717. The molecule has 2 fully saturated rings. The first kappa shape index (κ1) is 15.0. The molecule has 6 heteroatoms. The quantitative estimate of drug-likeness (QED) is 0.922. The molecule has 1 heterocycles. The molecule has 116 valence electrons. The molecule has 3 unspecified atom stereocenters. The van der Waals surface area contributed by atoms with E-state index >= 15 is 0 Å². The summed E-state index contributed by atoms with van der Waals surface area (Å²) in [6.07, 6.45) is 2.28. The van der Waals surface area contributed by atoms with Crippen LogP contribution in [0.4, 0.5) is 0 Å². The number of fused-ring (bicyclic) bond motifs is 1. The summed E-state index contributed by atoms with van der Waals surface area (Å²) >= 11 is 0. The Kier molecular flexibility index (Phi) is 4.05. The number of nitrogens with zero attached hydrogens (tertiary/aromatic N) is 1. The highest BCUT2D eigenvalue weighted by Crippen LogP contribution is 2.33. The maximum atomic E-state index is 12.8. The summed E-state index contributed by atoms with van der Waals surface area (Å²) in [7, 11) is -3.49. The third-order valence-electron chi connectivity index (χ3n) is 4.40. The molecule has 1 aromatic carbocycles. The molecule has 0 bridgehead atoms. The first-order valence-electron chi connectivity index (χ1n) is 7.41. The summed E-state index contributed by atoms with van der Waals surface area (Å²) in [6.45, 7) is 2.54. The molecule has 1 aliphatic heterocycles. The first-order valence-corrected chi connectivity index (χ1v) is 8.85. The lowest BCUT2D eigenvalue weighted by Crippen LogP contribution is -2.51. The monoisotopic (exact) mass is 311 g/mol. The number of morpholine rings is 1. The van der Waals surface area contributed by atoms with E-state index in [9.17, 15) is 13.5 Å². The summed E-state index contributed by atoms with van der Waals surface area (Å²) in [5.74, 6) is 0. The van der Waals surface area contributed by atoms with E-state index in [2.05, 4.69) is 0 Å². The summed E-state index contributed by atoms with van der Waals surface area (Å²) < 4.78 is 32.9. The van der Waals surface area contributed by atoms with E-state index in [1.165, 1.54) is 0 Å². The maximum absolute atomic E-state index is 12.8. The number of benzene rings is 1. The van der Waals surface area contributed by atoms with Crippen LogP contribution < -0.4 is 0 Å². The maximum Gasteiger partial charge on any atom is 0.243 e. The Bertz CT molecular complexity index is 597.